The number of nitrogens with one attached hydrogen (secondary N) is 3. The molecule has 8 heteroatoms. The zero-order chi connectivity index (χ0) is 14.6. The first kappa shape index (κ1) is 14.7. The van der Waals surface area contributed by atoms with Gasteiger partial charge in [0.2, 0.25) is 15.9 Å². The molecule has 0 aromatic carbocycles. The number of amides is 1. The SMILES string of the molecule is CCNc1cc(S(=O)(=O)NCC2CCC(=O)N2)ccn1. The summed E-state index contributed by atoms with van der Waals surface area (Å²) in [5.41, 5.74) is 0. The van der Waals surface area contributed by atoms with Crippen LogP contribution in [-0.2, 0) is 14.8 Å². The molecule has 1 atom stereocenters. The van der Waals surface area contributed by atoms with Crippen molar-refractivity contribution in [1.29, 1.82) is 0 Å². The van der Waals surface area contributed by atoms with E-state index in [4.69, 9.17) is 0 Å². The number of rotatable bonds is 6. The molecular formula is C12H18N4O3S. The Hall–Kier alpha value is -1.67. The molecule has 1 aliphatic rings. The van der Waals surface area contributed by atoms with E-state index in [-0.39, 0.29) is 23.4 Å². The minimum Gasteiger partial charge on any atom is -0.370 e. The van der Waals surface area contributed by atoms with Crippen LogP contribution in [0.3, 0.4) is 0 Å². The number of sulfonamides is 1. The highest BCUT2D eigenvalue weighted by Crippen LogP contribution is 2.13. The molecule has 0 spiro atoms. The van der Waals surface area contributed by atoms with Crippen LogP contribution in [-0.4, -0.2) is 38.4 Å². The van der Waals surface area contributed by atoms with Crippen LogP contribution in [0, 0.1) is 0 Å². The Kier molecular flexibility index (Phi) is 4.56. The second-order valence-corrected chi connectivity index (χ2v) is 6.33. The molecule has 2 rings (SSSR count). The Morgan fingerprint density at radius 3 is 2.95 bits per heavy atom. The molecule has 0 aliphatic carbocycles. The van der Waals surface area contributed by atoms with Gasteiger partial charge in [-0.05, 0) is 19.4 Å². The van der Waals surface area contributed by atoms with Crippen LogP contribution in [0.1, 0.15) is 19.8 Å². The highest BCUT2D eigenvalue weighted by Gasteiger charge is 2.23. The van der Waals surface area contributed by atoms with E-state index < -0.39 is 10.0 Å². The molecule has 1 saturated heterocycles. The molecule has 1 amide bonds. The van der Waals surface area contributed by atoms with Crippen molar-refractivity contribution in [2.24, 2.45) is 0 Å². The van der Waals surface area contributed by atoms with Gasteiger partial charge in [-0.15, -0.1) is 0 Å². The Morgan fingerprint density at radius 2 is 2.30 bits per heavy atom. The number of nitrogens with zero attached hydrogens (tertiary/aromatic N) is 1. The average molecular weight is 298 g/mol. The van der Waals surface area contributed by atoms with Gasteiger partial charge in [0, 0.05) is 37.8 Å². The van der Waals surface area contributed by atoms with Crippen molar-refractivity contribution in [2.45, 2.75) is 30.7 Å². The van der Waals surface area contributed by atoms with Crippen LogP contribution >= 0.6 is 0 Å². The van der Waals surface area contributed by atoms with Crippen LogP contribution in [0.5, 0.6) is 0 Å². The van der Waals surface area contributed by atoms with Crippen LogP contribution < -0.4 is 15.4 Å². The summed E-state index contributed by atoms with van der Waals surface area (Å²) in [5, 5.41) is 5.68. The number of hydrogen-bond donors (Lipinski definition) is 3. The fourth-order valence-electron chi connectivity index (χ4n) is 1.98. The number of carbonyl (C=O) groups excluding carboxylic acids is 1. The topological polar surface area (TPSA) is 100 Å². The minimum atomic E-state index is -3.59. The lowest BCUT2D eigenvalue weighted by atomic mass is 10.2. The predicted octanol–water partition coefficient (Wildman–Crippen LogP) is 0.0703. The fraction of sp³-hybridized carbons (Fsp3) is 0.500. The van der Waals surface area contributed by atoms with Crippen molar-refractivity contribution in [3.63, 3.8) is 0 Å². The maximum Gasteiger partial charge on any atom is 0.240 e. The molecule has 110 valence electrons. The van der Waals surface area contributed by atoms with Crippen LogP contribution in [0.25, 0.3) is 0 Å². The zero-order valence-corrected chi connectivity index (χ0v) is 12.0. The third-order valence-corrected chi connectivity index (χ3v) is 4.43. The molecule has 7 nitrogen and oxygen atoms in total. The van der Waals surface area contributed by atoms with Gasteiger partial charge in [0.15, 0.2) is 0 Å². The maximum absolute atomic E-state index is 12.1. The standard InChI is InChI=1S/C12H18N4O3S/c1-2-13-11-7-10(5-6-14-11)20(18,19)15-8-9-3-4-12(17)16-9/h5-7,9,15H,2-4,8H2,1H3,(H,13,14)(H,16,17). The number of anilines is 1. The van der Waals surface area contributed by atoms with Gasteiger partial charge < -0.3 is 10.6 Å². The van der Waals surface area contributed by atoms with Gasteiger partial charge in [-0.1, -0.05) is 0 Å². The summed E-state index contributed by atoms with van der Waals surface area (Å²) in [6.45, 7) is 2.77. The summed E-state index contributed by atoms with van der Waals surface area (Å²) in [6, 6.07) is 2.79. The third kappa shape index (κ3) is 3.67. The molecule has 2 heterocycles. The second kappa shape index (κ2) is 6.19. The molecule has 1 fully saturated rings. The van der Waals surface area contributed by atoms with Gasteiger partial charge in [0.1, 0.15) is 5.82 Å². The summed E-state index contributed by atoms with van der Waals surface area (Å²) in [5.74, 6) is 0.483. The molecule has 0 bridgehead atoms. The van der Waals surface area contributed by atoms with E-state index in [0.717, 1.165) is 0 Å². The minimum absolute atomic E-state index is 0.0347. The molecule has 1 aliphatic heterocycles. The van der Waals surface area contributed by atoms with Gasteiger partial charge in [-0.2, -0.15) is 0 Å². The zero-order valence-electron chi connectivity index (χ0n) is 11.2. The average Bonchev–Trinajstić information content (AvgIpc) is 2.83. The summed E-state index contributed by atoms with van der Waals surface area (Å²) < 4.78 is 26.8. The van der Waals surface area contributed by atoms with Crippen LogP contribution in [0.4, 0.5) is 5.82 Å². The summed E-state index contributed by atoms with van der Waals surface area (Å²) in [6.07, 6.45) is 2.55. The number of carbonyl (C=O) groups is 1. The fourth-order valence-corrected chi connectivity index (χ4v) is 3.07. The van der Waals surface area contributed by atoms with Crippen molar-refractivity contribution in [3.8, 4) is 0 Å². The lowest BCUT2D eigenvalue weighted by Crippen LogP contribution is -2.38. The Balaban J connectivity index is 2.02. The Labute approximate surface area is 118 Å². The van der Waals surface area contributed by atoms with Gasteiger partial charge in [0.05, 0.1) is 4.90 Å². The molecule has 1 aromatic rings. The lowest BCUT2D eigenvalue weighted by Gasteiger charge is -2.12. The first-order valence-electron chi connectivity index (χ1n) is 6.50. The van der Waals surface area contributed by atoms with Crippen molar-refractivity contribution in [3.05, 3.63) is 18.3 Å². The smallest absolute Gasteiger partial charge is 0.240 e. The van der Waals surface area contributed by atoms with Crippen molar-refractivity contribution in [1.82, 2.24) is 15.0 Å². The first-order valence-corrected chi connectivity index (χ1v) is 7.98. The highest BCUT2D eigenvalue weighted by atomic mass is 32.2. The van der Waals surface area contributed by atoms with Crippen LogP contribution in [0.2, 0.25) is 0 Å². The molecule has 1 aromatic heterocycles. The normalized spacial score (nSPS) is 18.9. The Morgan fingerprint density at radius 1 is 1.50 bits per heavy atom. The van der Waals surface area contributed by atoms with E-state index in [1.807, 2.05) is 6.92 Å². The summed E-state index contributed by atoms with van der Waals surface area (Å²) >= 11 is 0. The molecule has 3 N–H and O–H groups in total. The predicted molar refractivity (Wildman–Crippen MR) is 74.8 cm³/mol. The maximum atomic E-state index is 12.1. The van der Waals surface area contributed by atoms with Crippen molar-refractivity contribution < 1.29 is 13.2 Å². The number of aromatic nitrogens is 1. The van der Waals surface area contributed by atoms with E-state index in [0.29, 0.717) is 25.2 Å². The van der Waals surface area contributed by atoms with E-state index in [9.17, 15) is 13.2 Å². The molecule has 0 saturated carbocycles. The number of hydrogen-bond acceptors (Lipinski definition) is 5. The Bertz CT molecular complexity index is 588. The van der Waals surface area contributed by atoms with E-state index >= 15 is 0 Å². The van der Waals surface area contributed by atoms with E-state index in [1.165, 1.54) is 18.3 Å². The van der Waals surface area contributed by atoms with Gasteiger partial charge in [0.25, 0.3) is 0 Å². The molecule has 0 radical (unpaired) electrons. The van der Waals surface area contributed by atoms with E-state index in [1.54, 1.807) is 0 Å². The van der Waals surface area contributed by atoms with Crippen molar-refractivity contribution >= 4 is 21.7 Å². The second-order valence-electron chi connectivity index (χ2n) is 4.56. The van der Waals surface area contributed by atoms with Gasteiger partial charge in [-0.25, -0.2) is 18.1 Å². The molecular weight excluding hydrogens is 280 g/mol. The first-order chi connectivity index (χ1) is 9.51. The number of pyridine rings is 1. The third-order valence-electron chi connectivity index (χ3n) is 3.00. The van der Waals surface area contributed by atoms with Gasteiger partial charge in [-0.3, -0.25) is 4.79 Å². The quantitative estimate of drug-likeness (QED) is 0.690. The van der Waals surface area contributed by atoms with Crippen LogP contribution in [0.15, 0.2) is 23.2 Å². The molecule has 1 unspecified atom stereocenters. The van der Waals surface area contributed by atoms with Gasteiger partial charge >= 0.3 is 0 Å². The lowest BCUT2D eigenvalue weighted by molar-refractivity contribution is -0.119. The van der Waals surface area contributed by atoms with E-state index in [2.05, 4.69) is 20.3 Å². The van der Waals surface area contributed by atoms with Crippen molar-refractivity contribution in [2.75, 3.05) is 18.4 Å². The summed E-state index contributed by atoms with van der Waals surface area (Å²) in [7, 11) is -3.59. The highest BCUT2D eigenvalue weighted by molar-refractivity contribution is 7.89. The summed E-state index contributed by atoms with van der Waals surface area (Å²) in [4.78, 5) is 15.2. The monoisotopic (exact) mass is 298 g/mol. The largest absolute Gasteiger partial charge is 0.370 e. The molecule has 20 heavy (non-hydrogen) atoms.